The lowest BCUT2D eigenvalue weighted by Crippen LogP contribution is -2.32. The fourth-order valence-corrected chi connectivity index (χ4v) is 2.05. The highest BCUT2D eigenvalue weighted by Gasteiger charge is 2.27. The Balaban J connectivity index is 1.83. The first kappa shape index (κ1) is 13.8. The Morgan fingerprint density at radius 3 is 2.74 bits per heavy atom. The number of halogens is 1. The molecule has 2 atom stereocenters. The van der Waals surface area contributed by atoms with Gasteiger partial charge in [0.05, 0.1) is 6.10 Å². The topological polar surface area (TPSA) is 49.8 Å². The lowest BCUT2D eigenvalue weighted by molar-refractivity contribution is 0.0749. The number of benzene rings is 1. The maximum Gasteiger partial charge on any atom is 0.410 e. The molecule has 0 aliphatic carbocycles. The van der Waals surface area contributed by atoms with Gasteiger partial charge in [-0.05, 0) is 18.4 Å². The van der Waals surface area contributed by atoms with Crippen molar-refractivity contribution in [2.24, 2.45) is 0 Å². The van der Waals surface area contributed by atoms with Gasteiger partial charge in [0.2, 0.25) is 0 Å². The number of alkyl halides is 1. The fourth-order valence-electron chi connectivity index (χ4n) is 2.05. The molecule has 1 aromatic rings. The van der Waals surface area contributed by atoms with Gasteiger partial charge in [-0.2, -0.15) is 0 Å². The van der Waals surface area contributed by atoms with Gasteiger partial charge in [0.15, 0.2) is 0 Å². The van der Waals surface area contributed by atoms with Crippen LogP contribution in [0.3, 0.4) is 0 Å². The number of amides is 1. The number of nitrogens with zero attached hydrogens (tertiary/aromatic N) is 1. The highest BCUT2D eigenvalue weighted by Crippen LogP contribution is 2.15. The van der Waals surface area contributed by atoms with Crippen LogP contribution in [0.2, 0.25) is 0 Å². The predicted octanol–water partition coefficient (Wildman–Crippen LogP) is 2.12. The molecule has 1 heterocycles. The largest absolute Gasteiger partial charge is 0.445 e. The van der Waals surface area contributed by atoms with Crippen molar-refractivity contribution < 1.29 is 19.0 Å². The number of aliphatic hydroxyl groups is 1. The van der Waals surface area contributed by atoms with E-state index in [9.17, 15) is 14.3 Å². The van der Waals surface area contributed by atoms with E-state index >= 15 is 0 Å². The minimum atomic E-state index is -1.26. The van der Waals surface area contributed by atoms with Crippen molar-refractivity contribution in [1.82, 2.24) is 4.90 Å². The molecule has 104 valence electrons. The second-order valence-corrected chi connectivity index (χ2v) is 4.69. The summed E-state index contributed by atoms with van der Waals surface area (Å²) < 4.78 is 18.5. The van der Waals surface area contributed by atoms with Gasteiger partial charge in [0.1, 0.15) is 12.8 Å². The molecule has 1 aliphatic heterocycles. The minimum Gasteiger partial charge on any atom is -0.445 e. The quantitative estimate of drug-likeness (QED) is 0.893. The molecule has 1 aliphatic rings. The van der Waals surface area contributed by atoms with E-state index in [0.717, 1.165) is 5.56 Å². The van der Waals surface area contributed by atoms with E-state index in [1.54, 1.807) is 0 Å². The smallest absolute Gasteiger partial charge is 0.410 e. The summed E-state index contributed by atoms with van der Waals surface area (Å²) in [6.07, 6.45) is -2.28. The first-order chi connectivity index (χ1) is 9.16. The third-order valence-electron chi connectivity index (χ3n) is 3.25. The number of aliphatic hydroxyl groups excluding tert-OH is 1. The molecule has 1 saturated heterocycles. The van der Waals surface area contributed by atoms with Crippen LogP contribution >= 0.6 is 0 Å². The molecule has 1 amide bonds. The number of carbonyl (C=O) groups is 1. The summed E-state index contributed by atoms with van der Waals surface area (Å²) in [5.74, 6) is 0. The molecule has 0 radical (unpaired) electrons. The molecule has 0 aromatic heterocycles. The van der Waals surface area contributed by atoms with Crippen LogP contribution in [0.25, 0.3) is 0 Å². The monoisotopic (exact) mass is 267 g/mol. The number of hydrogen-bond acceptors (Lipinski definition) is 3. The highest BCUT2D eigenvalue weighted by atomic mass is 19.1. The van der Waals surface area contributed by atoms with Crippen LogP contribution in [0.1, 0.15) is 18.4 Å². The Labute approximate surface area is 111 Å². The van der Waals surface area contributed by atoms with Gasteiger partial charge >= 0.3 is 6.09 Å². The van der Waals surface area contributed by atoms with Crippen LogP contribution in [0, 0.1) is 0 Å². The SMILES string of the molecule is O=C(OCc1ccccc1)N1CC[C@H](O)[C@@H](F)CC1. The highest BCUT2D eigenvalue weighted by molar-refractivity contribution is 5.67. The molecule has 1 fully saturated rings. The maximum atomic E-state index is 13.3. The van der Waals surface area contributed by atoms with Gasteiger partial charge in [-0.3, -0.25) is 0 Å². The molecule has 19 heavy (non-hydrogen) atoms. The zero-order chi connectivity index (χ0) is 13.7. The van der Waals surface area contributed by atoms with E-state index in [2.05, 4.69) is 0 Å². The van der Waals surface area contributed by atoms with Crippen molar-refractivity contribution in [3.63, 3.8) is 0 Å². The summed E-state index contributed by atoms with van der Waals surface area (Å²) in [6, 6.07) is 9.38. The van der Waals surface area contributed by atoms with Crippen molar-refractivity contribution in [3.8, 4) is 0 Å². The van der Waals surface area contributed by atoms with E-state index in [-0.39, 0.29) is 26.0 Å². The molecule has 4 nitrogen and oxygen atoms in total. The maximum absolute atomic E-state index is 13.3. The van der Waals surface area contributed by atoms with E-state index in [1.165, 1.54) is 4.90 Å². The van der Waals surface area contributed by atoms with Crippen molar-refractivity contribution in [1.29, 1.82) is 0 Å². The Morgan fingerprint density at radius 2 is 2.00 bits per heavy atom. The summed E-state index contributed by atoms with van der Waals surface area (Å²) in [6.45, 7) is 0.818. The molecule has 1 aromatic carbocycles. The lowest BCUT2D eigenvalue weighted by atomic mass is 10.1. The summed E-state index contributed by atoms with van der Waals surface area (Å²) in [5.41, 5.74) is 0.911. The summed E-state index contributed by atoms with van der Waals surface area (Å²) in [5, 5.41) is 9.41. The second kappa shape index (κ2) is 6.52. The van der Waals surface area contributed by atoms with Crippen molar-refractivity contribution >= 4 is 6.09 Å². The van der Waals surface area contributed by atoms with Gasteiger partial charge in [0.25, 0.3) is 0 Å². The Hall–Kier alpha value is -1.62. The normalized spacial score (nSPS) is 23.8. The number of likely N-dealkylation sites (tertiary alicyclic amines) is 1. The first-order valence-corrected chi connectivity index (χ1v) is 6.44. The van der Waals surface area contributed by atoms with Crippen LogP contribution in [0.4, 0.5) is 9.18 Å². The molecule has 2 rings (SSSR count). The number of carbonyl (C=O) groups excluding carboxylic acids is 1. The average Bonchev–Trinajstić information content (AvgIpc) is 2.60. The van der Waals surface area contributed by atoms with Crippen molar-refractivity contribution in [2.45, 2.75) is 31.7 Å². The standard InChI is InChI=1S/C14H18FNO3/c15-12-6-8-16(9-7-13(12)17)14(18)19-10-11-4-2-1-3-5-11/h1-5,12-13,17H,6-10H2/t12-,13-/m0/s1. The van der Waals surface area contributed by atoms with Gasteiger partial charge in [-0.25, -0.2) is 9.18 Å². The van der Waals surface area contributed by atoms with Crippen LogP contribution in [-0.4, -0.2) is 41.5 Å². The van der Waals surface area contributed by atoms with Crippen molar-refractivity contribution in [3.05, 3.63) is 35.9 Å². The van der Waals surface area contributed by atoms with E-state index < -0.39 is 18.4 Å². The Morgan fingerprint density at radius 1 is 1.32 bits per heavy atom. The average molecular weight is 267 g/mol. The Kier molecular flexibility index (Phi) is 4.74. The third kappa shape index (κ3) is 3.92. The van der Waals surface area contributed by atoms with Crippen LogP contribution in [-0.2, 0) is 11.3 Å². The number of rotatable bonds is 2. The molecule has 0 unspecified atom stereocenters. The minimum absolute atomic E-state index is 0.154. The zero-order valence-corrected chi connectivity index (χ0v) is 10.7. The molecule has 1 N–H and O–H groups in total. The van der Waals surface area contributed by atoms with Crippen LogP contribution in [0.5, 0.6) is 0 Å². The molecule has 0 bridgehead atoms. The van der Waals surface area contributed by atoms with Crippen LogP contribution in [0.15, 0.2) is 30.3 Å². The van der Waals surface area contributed by atoms with Gasteiger partial charge < -0.3 is 14.7 Å². The van der Waals surface area contributed by atoms with E-state index in [0.29, 0.717) is 6.54 Å². The molecule has 0 saturated carbocycles. The first-order valence-electron chi connectivity index (χ1n) is 6.44. The summed E-state index contributed by atoms with van der Waals surface area (Å²) >= 11 is 0. The second-order valence-electron chi connectivity index (χ2n) is 4.69. The molecule has 0 spiro atoms. The van der Waals surface area contributed by atoms with E-state index in [4.69, 9.17) is 4.74 Å². The number of hydrogen-bond donors (Lipinski definition) is 1. The molecular formula is C14H18FNO3. The summed E-state index contributed by atoms with van der Waals surface area (Å²) in [4.78, 5) is 13.3. The van der Waals surface area contributed by atoms with Gasteiger partial charge in [-0.15, -0.1) is 0 Å². The van der Waals surface area contributed by atoms with Crippen LogP contribution < -0.4 is 0 Å². The Bertz CT molecular complexity index is 400. The third-order valence-corrected chi connectivity index (χ3v) is 3.25. The lowest BCUT2D eigenvalue weighted by Gasteiger charge is -2.19. The van der Waals surface area contributed by atoms with Gasteiger partial charge in [0, 0.05) is 13.1 Å². The molecular weight excluding hydrogens is 249 g/mol. The van der Waals surface area contributed by atoms with Gasteiger partial charge in [-0.1, -0.05) is 30.3 Å². The zero-order valence-electron chi connectivity index (χ0n) is 10.7. The van der Waals surface area contributed by atoms with E-state index in [1.807, 2.05) is 30.3 Å². The fraction of sp³-hybridized carbons (Fsp3) is 0.500. The summed E-state index contributed by atoms with van der Waals surface area (Å²) in [7, 11) is 0. The van der Waals surface area contributed by atoms with Crippen molar-refractivity contribution in [2.75, 3.05) is 13.1 Å². The predicted molar refractivity (Wildman–Crippen MR) is 68.3 cm³/mol. The molecule has 5 heteroatoms. The number of ether oxygens (including phenoxy) is 1.